The first-order valence-electron chi connectivity index (χ1n) is 10.7. The molecule has 2 N–H and O–H groups in total. The first-order valence-corrected chi connectivity index (χ1v) is 11.5. The molecule has 0 bridgehead atoms. The van der Waals surface area contributed by atoms with Gasteiger partial charge in [0.25, 0.3) is 5.91 Å². The second-order valence-corrected chi connectivity index (χ2v) is 8.91. The monoisotopic (exact) mass is 487 g/mol. The Bertz CT molecular complexity index is 1130. The van der Waals surface area contributed by atoms with Gasteiger partial charge in [0.15, 0.2) is 17.3 Å². The highest BCUT2D eigenvalue weighted by molar-refractivity contribution is 7.09. The van der Waals surface area contributed by atoms with Crippen LogP contribution in [-0.2, 0) is 11.3 Å². The molecule has 2 aromatic heterocycles. The molecule has 10 heteroatoms. The lowest BCUT2D eigenvalue weighted by atomic mass is 10.0. The maximum Gasteiger partial charge on any atom is 0.252 e. The molecule has 0 fully saturated rings. The SMILES string of the molecule is COc1cc(C(=O)N[C@@H](C(=O)NCc2ccc(-c3csc(C)n3)o2)C(C)C)cc(OC)c1OC. The van der Waals surface area contributed by atoms with E-state index in [1.54, 1.807) is 17.4 Å². The van der Waals surface area contributed by atoms with Gasteiger partial charge in [-0.25, -0.2) is 4.98 Å². The third-order valence-corrected chi connectivity index (χ3v) is 5.91. The Kier molecular flexibility index (Phi) is 8.17. The molecule has 0 spiro atoms. The summed E-state index contributed by atoms with van der Waals surface area (Å²) in [5, 5.41) is 8.51. The Morgan fingerprint density at radius 2 is 1.76 bits per heavy atom. The van der Waals surface area contributed by atoms with E-state index in [9.17, 15) is 9.59 Å². The van der Waals surface area contributed by atoms with Crippen LogP contribution < -0.4 is 24.8 Å². The molecule has 3 aromatic rings. The fourth-order valence-electron chi connectivity index (χ4n) is 3.34. The van der Waals surface area contributed by atoms with Crippen molar-refractivity contribution in [2.45, 2.75) is 33.4 Å². The first-order chi connectivity index (χ1) is 16.3. The van der Waals surface area contributed by atoms with Crippen molar-refractivity contribution in [3.8, 4) is 28.7 Å². The molecule has 0 aliphatic carbocycles. The lowest BCUT2D eigenvalue weighted by molar-refractivity contribution is -0.124. The molecule has 34 heavy (non-hydrogen) atoms. The van der Waals surface area contributed by atoms with Gasteiger partial charge in [-0.1, -0.05) is 13.8 Å². The zero-order valence-corrected chi connectivity index (χ0v) is 20.9. The number of ether oxygens (including phenoxy) is 3. The smallest absolute Gasteiger partial charge is 0.252 e. The van der Waals surface area contributed by atoms with E-state index in [-0.39, 0.29) is 23.9 Å². The van der Waals surface area contributed by atoms with Crippen LogP contribution in [0.4, 0.5) is 0 Å². The molecule has 9 nitrogen and oxygen atoms in total. The van der Waals surface area contributed by atoms with Crippen molar-refractivity contribution in [3.05, 3.63) is 46.0 Å². The van der Waals surface area contributed by atoms with Crippen molar-refractivity contribution in [2.24, 2.45) is 5.92 Å². The summed E-state index contributed by atoms with van der Waals surface area (Å²) in [6.45, 7) is 5.83. The number of thiazole rings is 1. The van der Waals surface area contributed by atoms with Crippen LogP contribution in [0.15, 0.2) is 34.1 Å². The molecule has 0 saturated carbocycles. The standard InChI is InChI=1S/C24H29N3O6S/c1-13(2)21(27-23(28)15-9-19(30-4)22(32-6)20(10-15)31-5)24(29)25-11-16-7-8-18(33-16)17-12-34-14(3)26-17/h7-10,12-13,21H,11H2,1-6H3,(H,25,29)(H,27,28)/t21-/m1/s1. The lowest BCUT2D eigenvalue weighted by Crippen LogP contribution is -2.49. The van der Waals surface area contributed by atoms with Gasteiger partial charge in [0.2, 0.25) is 11.7 Å². The van der Waals surface area contributed by atoms with E-state index in [0.29, 0.717) is 28.8 Å². The Balaban J connectivity index is 1.68. The molecule has 0 unspecified atom stereocenters. The second kappa shape index (κ2) is 11.1. The van der Waals surface area contributed by atoms with Crippen LogP contribution in [-0.4, -0.2) is 44.2 Å². The van der Waals surface area contributed by atoms with E-state index < -0.39 is 11.9 Å². The van der Waals surface area contributed by atoms with Crippen molar-refractivity contribution < 1.29 is 28.2 Å². The number of carbonyl (C=O) groups is 2. The summed E-state index contributed by atoms with van der Waals surface area (Å²) in [7, 11) is 4.43. The van der Waals surface area contributed by atoms with Gasteiger partial charge in [-0.2, -0.15) is 0 Å². The van der Waals surface area contributed by atoms with Gasteiger partial charge in [-0.15, -0.1) is 11.3 Å². The molecule has 0 aliphatic heterocycles. The van der Waals surface area contributed by atoms with Crippen molar-refractivity contribution in [1.82, 2.24) is 15.6 Å². The van der Waals surface area contributed by atoms with Crippen molar-refractivity contribution in [2.75, 3.05) is 21.3 Å². The minimum Gasteiger partial charge on any atom is -0.493 e. The summed E-state index contributed by atoms with van der Waals surface area (Å²) in [6.07, 6.45) is 0. The molecule has 3 rings (SSSR count). The number of hydrogen-bond donors (Lipinski definition) is 2. The van der Waals surface area contributed by atoms with E-state index in [0.717, 1.165) is 10.7 Å². The molecule has 1 atom stereocenters. The summed E-state index contributed by atoms with van der Waals surface area (Å²) in [5.41, 5.74) is 1.04. The topological polar surface area (TPSA) is 112 Å². The Morgan fingerprint density at radius 1 is 1.09 bits per heavy atom. The van der Waals surface area contributed by atoms with Crippen LogP contribution in [0.25, 0.3) is 11.5 Å². The van der Waals surface area contributed by atoms with Gasteiger partial charge in [-0.05, 0) is 37.1 Å². The maximum atomic E-state index is 13.0. The minimum atomic E-state index is -0.762. The normalized spacial score (nSPS) is 11.7. The van der Waals surface area contributed by atoms with Crippen LogP contribution in [0.1, 0.15) is 35.0 Å². The molecule has 0 saturated heterocycles. The fraction of sp³-hybridized carbons (Fsp3) is 0.375. The van der Waals surface area contributed by atoms with Gasteiger partial charge in [0, 0.05) is 10.9 Å². The minimum absolute atomic E-state index is 0.156. The summed E-state index contributed by atoms with van der Waals surface area (Å²) in [4.78, 5) is 30.3. The van der Waals surface area contributed by atoms with E-state index in [4.69, 9.17) is 18.6 Å². The van der Waals surface area contributed by atoms with E-state index >= 15 is 0 Å². The quantitative estimate of drug-likeness (QED) is 0.447. The summed E-state index contributed by atoms with van der Waals surface area (Å²) >= 11 is 1.54. The molecular weight excluding hydrogens is 458 g/mol. The summed E-state index contributed by atoms with van der Waals surface area (Å²) in [6, 6.07) is 5.93. The number of nitrogens with zero attached hydrogens (tertiary/aromatic N) is 1. The second-order valence-electron chi connectivity index (χ2n) is 7.84. The Hall–Kier alpha value is -3.53. The van der Waals surface area contributed by atoms with Crippen molar-refractivity contribution in [1.29, 1.82) is 0 Å². The van der Waals surface area contributed by atoms with Gasteiger partial charge in [0.1, 0.15) is 17.5 Å². The maximum absolute atomic E-state index is 13.0. The highest BCUT2D eigenvalue weighted by Gasteiger charge is 2.26. The summed E-state index contributed by atoms with van der Waals surface area (Å²) in [5.74, 6) is 1.40. The number of aromatic nitrogens is 1. The third kappa shape index (κ3) is 5.69. The summed E-state index contributed by atoms with van der Waals surface area (Å²) < 4.78 is 21.7. The number of hydrogen-bond acceptors (Lipinski definition) is 8. The van der Waals surface area contributed by atoms with Crippen LogP contribution >= 0.6 is 11.3 Å². The molecule has 182 valence electrons. The average Bonchev–Trinajstić information content (AvgIpc) is 3.48. The zero-order valence-electron chi connectivity index (χ0n) is 20.1. The molecule has 2 heterocycles. The molecule has 0 radical (unpaired) electrons. The largest absolute Gasteiger partial charge is 0.493 e. The number of nitrogens with one attached hydrogen (secondary N) is 2. The van der Waals surface area contributed by atoms with Crippen LogP contribution in [0.5, 0.6) is 17.2 Å². The number of amides is 2. The molecular formula is C24H29N3O6S. The van der Waals surface area contributed by atoms with E-state index in [2.05, 4.69) is 15.6 Å². The fourth-order valence-corrected chi connectivity index (χ4v) is 3.95. The zero-order chi connectivity index (χ0) is 24.8. The van der Waals surface area contributed by atoms with E-state index in [1.807, 2.05) is 32.2 Å². The van der Waals surface area contributed by atoms with Gasteiger partial charge < -0.3 is 29.3 Å². The first kappa shape index (κ1) is 25.1. The van der Waals surface area contributed by atoms with Crippen LogP contribution in [0.3, 0.4) is 0 Å². The van der Waals surface area contributed by atoms with Crippen LogP contribution in [0, 0.1) is 12.8 Å². The third-order valence-electron chi connectivity index (χ3n) is 5.13. The number of aryl methyl sites for hydroxylation is 1. The van der Waals surface area contributed by atoms with Gasteiger partial charge in [0.05, 0.1) is 32.9 Å². The Labute approximate surface area is 202 Å². The van der Waals surface area contributed by atoms with Gasteiger partial charge >= 0.3 is 0 Å². The number of furan rings is 1. The molecule has 0 aliphatic rings. The van der Waals surface area contributed by atoms with E-state index in [1.165, 1.54) is 33.5 Å². The van der Waals surface area contributed by atoms with Crippen LogP contribution in [0.2, 0.25) is 0 Å². The highest BCUT2D eigenvalue weighted by Crippen LogP contribution is 2.38. The van der Waals surface area contributed by atoms with Crippen molar-refractivity contribution >= 4 is 23.2 Å². The highest BCUT2D eigenvalue weighted by atomic mass is 32.1. The predicted octanol–water partition coefficient (Wildman–Crippen LogP) is 3.81. The lowest BCUT2D eigenvalue weighted by Gasteiger charge is -2.22. The molecule has 2 amide bonds. The van der Waals surface area contributed by atoms with Crippen molar-refractivity contribution in [3.63, 3.8) is 0 Å². The predicted molar refractivity (Wildman–Crippen MR) is 129 cm³/mol. The van der Waals surface area contributed by atoms with Gasteiger partial charge in [-0.3, -0.25) is 9.59 Å². The Morgan fingerprint density at radius 3 is 2.29 bits per heavy atom. The average molecular weight is 488 g/mol. The number of carbonyl (C=O) groups excluding carboxylic acids is 2. The number of methoxy groups -OCH3 is 3. The number of rotatable bonds is 10. The number of benzene rings is 1. The molecule has 1 aromatic carbocycles.